The summed E-state index contributed by atoms with van der Waals surface area (Å²) in [6, 6.07) is 0. The van der Waals surface area contributed by atoms with Crippen molar-refractivity contribution in [3.05, 3.63) is 21.5 Å². The van der Waals surface area contributed by atoms with Gasteiger partial charge >= 0.3 is 5.69 Å². The Morgan fingerprint density at radius 1 is 1.41 bits per heavy atom. The SMILES string of the molecule is Cc1nn(CC(=O)C(C)(C)C)c(C)c1[N+](=O)[O-]. The molecule has 0 aromatic carbocycles. The molecule has 0 saturated heterocycles. The third-order valence-corrected chi connectivity index (χ3v) is 2.66. The van der Waals surface area contributed by atoms with Crippen molar-refractivity contribution in [2.24, 2.45) is 5.41 Å². The Bertz CT molecular complexity index is 469. The Morgan fingerprint density at radius 3 is 2.29 bits per heavy atom. The van der Waals surface area contributed by atoms with Gasteiger partial charge in [0.1, 0.15) is 17.9 Å². The number of carbonyl (C=O) groups is 1. The molecule has 0 unspecified atom stereocenters. The van der Waals surface area contributed by atoms with Crippen LogP contribution in [0, 0.1) is 29.4 Å². The lowest BCUT2D eigenvalue weighted by molar-refractivity contribution is -0.386. The second-order valence-electron chi connectivity index (χ2n) is 5.11. The number of Topliss-reactive ketones (excluding diaryl/α,β-unsaturated/α-hetero) is 1. The van der Waals surface area contributed by atoms with E-state index in [4.69, 9.17) is 0 Å². The Labute approximate surface area is 99.8 Å². The van der Waals surface area contributed by atoms with Crippen LogP contribution in [0.15, 0.2) is 0 Å². The molecule has 1 aromatic rings. The lowest BCUT2D eigenvalue weighted by Gasteiger charge is -2.16. The summed E-state index contributed by atoms with van der Waals surface area (Å²) in [5.74, 6) is -0.00185. The fourth-order valence-electron chi connectivity index (χ4n) is 1.48. The van der Waals surface area contributed by atoms with Crippen molar-refractivity contribution >= 4 is 11.5 Å². The highest BCUT2D eigenvalue weighted by molar-refractivity contribution is 5.83. The number of carbonyl (C=O) groups excluding carboxylic acids is 1. The third kappa shape index (κ3) is 2.69. The molecular formula is C11H17N3O3. The van der Waals surface area contributed by atoms with Crippen LogP contribution in [0.4, 0.5) is 5.69 Å². The molecule has 1 aromatic heterocycles. The first-order valence-electron chi connectivity index (χ1n) is 5.36. The van der Waals surface area contributed by atoms with Crippen molar-refractivity contribution in [2.75, 3.05) is 0 Å². The molecule has 0 aliphatic carbocycles. The number of rotatable bonds is 3. The summed E-state index contributed by atoms with van der Waals surface area (Å²) in [6.07, 6.45) is 0. The fraction of sp³-hybridized carbons (Fsp3) is 0.636. The molecule has 94 valence electrons. The summed E-state index contributed by atoms with van der Waals surface area (Å²) in [5, 5.41) is 14.8. The van der Waals surface area contributed by atoms with Crippen LogP contribution in [0.25, 0.3) is 0 Å². The number of nitro groups is 1. The highest BCUT2D eigenvalue weighted by Gasteiger charge is 2.26. The number of ketones is 1. The summed E-state index contributed by atoms with van der Waals surface area (Å²) in [5.41, 5.74) is 0.284. The Balaban J connectivity index is 3.06. The summed E-state index contributed by atoms with van der Waals surface area (Å²) in [6.45, 7) is 8.70. The van der Waals surface area contributed by atoms with E-state index < -0.39 is 10.3 Å². The van der Waals surface area contributed by atoms with Gasteiger partial charge in [-0.05, 0) is 13.8 Å². The maximum absolute atomic E-state index is 11.8. The molecule has 0 saturated carbocycles. The fourth-order valence-corrected chi connectivity index (χ4v) is 1.48. The lowest BCUT2D eigenvalue weighted by Crippen LogP contribution is -2.26. The van der Waals surface area contributed by atoms with Crippen LogP contribution >= 0.6 is 0 Å². The van der Waals surface area contributed by atoms with E-state index in [1.807, 2.05) is 20.8 Å². The van der Waals surface area contributed by atoms with Crippen LogP contribution in [0.2, 0.25) is 0 Å². The van der Waals surface area contributed by atoms with Gasteiger partial charge in [0.2, 0.25) is 0 Å². The molecule has 17 heavy (non-hydrogen) atoms. The van der Waals surface area contributed by atoms with Crippen molar-refractivity contribution in [3.8, 4) is 0 Å². The third-order valence-electron chi connectivity index (χ3n) is 2.66. The van der Waals surface area contributed by atoms with Crippen molar-refractivity contribution in [1.82, 2.24) is 9.78 Å². The van der Waals surface area contributed by atoms with E-state index in [1.54, 1.807) is 13.8 Å². The van der Waals surface area contributed by atoms with E-state index in [0.717, 1.165) is 0 Å². The van der Waals surface area contributed by atoms with Crippen LogP contribution in [0.1, 0.15) is 32.2 Å². The molecule has 1 heterocycles. The average Bonchev–Trinajstić information content (AvgIpc) is 2.40. The maximum atomic E-state index is 11.8. The molecule has 0 bridgehead atoms. The Morgan fingerprint density at radius 2 is 1.94 bits per heavy atom. The molecule has 1 rings (SSSR count). The molecule has 0 aliphatic heterocycles. The van der Waals surface area contributed by atoms with Gasteiger partial charge in [-0.25, -0.2) is 0 Å². The van der Waals surface area contributed by atoms with Crippen LogP contribution in [-0.4, -0.2) is 20.5 Å². The molecule has 0 amide bonds. The van der Waals surface area contributed by atoms with E-state index in [9.17, 15) is 14.9 Å². The summed E-state index contributed by atoms with van der Waals surface area (Å²) in [7, 11) is 0. The summed E-state index contributed by atoms with van der Waals surface area (Å²) >= 11 is 0. The van der Waals surface area contributed by atoms with Gasteiger partial charge < -0.3 is 0 Å². The largest absolute Gasteiger partial charge is 0.312 e. The topological polar surface area (TPSA) is 78.0 Å². The standard InChI is InChI=1S/C11H17N3O3/c1-7-10(14(16)17)8(2)13(12-7)6-9(15)11(3,4)5/h6H2,1-5H3. The summed E-state index contributed by atoms with van der Waals surface area (Å²) < 4.78 is 1.40. The van der Waals surface area contributed by atoms with Crippen molar-refractivity contribution in [1.29, 1.82) is 0 Å². The average molecular weight is 239 g/mol. The number of hydrogen-bond acceptors (Lipinski definition) is 4. The molecule has 0 spiro atoms. The lowest BCUT2D eigenvalue weighted by atomic mass is 9.91. The van der Waals surface area contributed by atoms with Crippen molar-refractivity contribution in [2.45, 2.75) is 41.2 Å². The second-order valence-corrected chi connectivity index (χ2v) is 5.11. The predicted molar refractivity (Wildman–Crippen MR) is 62.8 cm³/mol. The normalized spacial score (nSPS) is 11.6. The number of aromatic nitrogens is 2. The van der Waals surface area contributed by atoms with Gasteiger partial charge in [-0.3, -0.25) is 19.6 Å². The second kappa shape index (κ2) is 4.27. The highest BCUT2D eigenvalue weighted by atomic mass is 16.6. The van der Waals surface area contributed by atoms with Crippen LogP contribution in [0.5, 0.6) is 0 Å². The minimum atomic E-state index is -0.471. The van der Waals surface area contributed by atoms with Gasteiger partial charge in [0, 0.05) is 5.41 Å². The zero-order chi connectivity index (χ0) is 13.4. The molecule has 6 heteroatoms. The van der Waals surface area contributed by atoms with E-state index in [-0.39, 0.29) is 18.0 Å². The van der Waals surface area contributed by atoms with E-state index in [1.165, 1.54) is 4.68 Å². The summed E-state index contributed by atoms with van der Waals surface area (Å²) in [4.78, 5) is 22.2. The number of hydrogen-bond donors (Lipinski definition) is 0. The van der Waals surface area contributed by atoms with Gasteiger partial charge in [-0.2, -0.15) is 5.10 Å². The molecule has 0 N–H and O–H groups in total. The van der Waals surface area contributed by atoms with E-state index in [0.29, 0.717) is 11.4 Å². The van der Waals surface area contributed by atoms with Gasteiger partial charge in [0.25, 0.3) is 0 Å². The first-order chi connectivity index (χ1) is 7.64. The smallest absolute Gasteiger partial charge is 0.297 e. The van der Waals surface area contributed by atoms with Crippen molar-refractivity contribution in [3.63, 3.8) is 0 Å². The monoisotopic (exact) mass is 239 g/mol. The van der Waals surface area contributed by atoms with Crippen molar-refractivity contribution < 1.29 is 9.72 Å². The van der Waals surface area contributed by atoms with Gasteiger partial charge in [-0.15, -0.1) is 0 Å². The molecule has 0 radical (unpaired) electrons. The first-order valence-corrected chi connectivity index (χ1v) is 5.36. The van der Waals surface area contributed by atoms with Crippen LogP contribution in [-0.2, 0) is 11.3 Å². The van der Waals surface area contributed by atoms with Gasteiger partial charge in [0.15, 0.2) is 5.78 Å². The van der Waals surface area contributed by atoms with Crippen LogP contribution < -0.4 is 0 Å². The van der Waals surface area contributed by atoms with E-state index in [2.05, 4.69) is 5.10 Å². The number of aryl methyl sites for hydroxylation is 1. The quantitative estimate of drug-likeness (QED) is 0.597. The maximum Gasteiger partial charge on any atom is 0.312 e. The molecule has 0 atom stereocenters. The zero-order valence-electron chi connectivity index (χ0n) is 10.8. The minimum Gasteiger partial charge on any atom is -0.297 e. The Hall–Kier alpha value is -1.72. The molecule has 0 fully saturated rings. The molecule has 0 aliphatic rings. The first kappa shape index (κ1) is 13.3. The molecule has 6 nitrogen and oxygen atoms in total. The number of nitrogens with zero attached hydrogens (tertiary/aromatic N) is 3. The minimum absolute atomic E-state index is 0.00185. The predicted octanol–water partition coefficient (Wildman–Crippen LogP) is 2.02. The molecular weight excluding hydrogens is 222 g/mol. The highest BCUT2D eigenvalue weighted by Crippen LogP contribution is 2.23. The van der Waals surface area contributed by atoms with E-state index >= 15 is 0 Å². The van der Waals surface area contributed by atoms with Gasteiger partial charge in [-0.1, -0.05) is 20.8 Å². The zero-order valence-corrected chi connectivity index (χ0v) is 10.8. The van der Waals surface area contributed by atoms with Crippen LogP contribution in [0.3, 0.4) is 0 Å². The van der Waals surface area contributed by atoms with Gasteiger partial charge in [0.05, 0.1) is 4.92 Å². The Kier molecular flexibility index (Phi) is 3.35.